The van der Waals surface area contributed by atoms with Gasteiger partial charge in [0.25, 0.3) is 0 Å². The molecule has 0 radical (unpaired) electrons. The highest BCUT2D eigenvalue weighted by Gasteiger charge is 2.02. The number of halogens is 1. The zero-order valence-electron chi connectivity index (χ0n) is 8.10. The van der Waals surface area contributed by atoms with E-state index in [0.717, 1.165) is 11.3 Å². The zero-order chi connectivity index (χ0) is 9.84. The molecule has 0 bridgehead atoms. The van der Waals surface area contributed by atoms with Gasteiger partial charge in [0.05, 0.1) is 7.11 Å². The fraction of sp³-hybridized carbons (Fsp3) is 0.273. The summed E-state index contributed by atoms with van der Waals surface area (Å²) in [6.07, 6.45) is 0. The van der Waals surface area contributed by atoms with Gasteiger partial charge in [0, 0.05) is 9.14 Å². The maximum absolute atomic E-state index is 5.31. The lowest BCUT2D eigenvalue weighted by molar-refractivity contribution is 0.369. The van der Waals surface area contributed by atoms with Gasteiger partial charge in [-0.1, -0.05) is 29.8 Å². The van der Waals surface area contributed by atoms with Crippen LogP contribution in [-0.2, 0) is 4.74 Å². The number of aryl methyl sites for hydroxylation is 1. The van der Waals surface area contributed by atoms with E-state index < -0.39 is 0 Å². The van der Waals surface area contributed by atoms with Gasteiger partial charge >= 0.3 is 0 Å². The number of ether oxygens (including phenoxy) is 1. The summed E-state index contributed by atoms with van der Waals surface area (Å²) in [6.45, 7) is 4.12. The Morgan fingerprint density at radius 2 is 1.77 bits per heavy atom. The van der Waals surface area contributed by atoms with Gasteiger partial charge in [0.1, 0.15) is 5.76 Å². The molecule has 70 valence electrons. The summed E-state index contributed by atoms with van der Waals surface area (Å²) in [7, 11) is 1.71. The van der Waals surface area contributed by atoms with Crippen molar-refractivity contribution < 1.29 is 4.74 Å². The summed E-state index contributed by atoms with van der Waals surface area (Å²) in [4.78, 5) is 0. The molecule has 1 nitrogen and oxygen atoms in total. The third-order valence-corrected chi connectivity index (χ3v) is 2.32. The molecule has 0 unspecified atom stereocenters. The topological polar surface area (TPSA) is 9.23 Å². The lowest BCUT2D eigenvalue weighted by Gasteiger charge is -2.07. The fourth-order valence-corrected chi connectivity index (χ4v) is 1.69. The second-order valence-corrected chi connectivity index (χ2v) is 4.55. The first-order valence-corrected chi connectivity index (χ1v) is 5.20. The summed E-state index contributed by atoms with van der Waals surface area (Å²) < 4.78 is 6.48. The molecule has 0 amide bonds. The molecule has 13 heavy (non-hydrogen) atoms. The van der Waals surface area contributed by atoms with Crippen LogP contribution in [0.2, 0.25) is 0 Å². The minimum atomic E-state index is 0.959. The highest BCUT2D eigenvalue weighted by molar-refractivity contribution is 14.1. The molecule has 0 heterocycles. The van der Waals surface area contributed by atoms with E-state index in [0.29, 0.717) is 0 Å². The van der Waals surface area contributed by atoms with Crippen molar-refractivity contribution >= 4 is 28.4 Å². The summed E-state index contributed by atoms with van der Waals surface area (Å²) in [5.74, 6) is 0.959. The normalized spacial score (nSPS) is 12.3. The summed E-state index contributed by atoms with van der Waals surface area (Å²) in [5.41, 5.74) is 2.41. The Hall–Kier alpha value is -0.510. The minimum absolute atomic E-state index is 0.959. The van der Waals surface area contributed by atoms with Gasteiger partial charge in [-0.05, 0) is 36.4 Å². The molecule has 0 fully saturated rings. The van der Waals surface area contributed by atoms with Gasteiger partial charge in [0.2, 0.25) is 0 Å². The van der Waals surface area contributed by atoms with Gasteiger partial charge in [-0.2, -0.15) is 0 Å². The molecular weight excluding hydrogens is 275 g/mol. The van der Waals surface area contributed by atoms with Crippen molar-refractivity contribution in [3.8, 4) is 0 Å². The van der Waals surface area contributed by atoms with Crippen molar-refractivity contribution in [1.29, 1.82) is 0 Å². The summed E-state index contributed by atoms with van der Waals surface area (Å²) in [5, 5.41) is 0. The van der Waals surface area contributed by atoms with Gasteiger partial charge < -0.3 is 4.74 Å². The molecular formula is C11H13IO. The van der Waals surface area contributed by atoms with Crippen LogP contribution in [0.5, 0.6) is 0 Å². The maximum atomic E-state index is 5.31. The van der Waals surface area contributed by atoms with Gasteiger partial charge in [-0.25, -0.2) is 0 Å². The summed E-state index contributed by atoms with van der Waals surface area (Å²) in [6, 6.07) is 8.34. The van der Waals surface area contributed by atoms with Crippen LogP contribution in [0.1, 0.15) is 18.1 Å². The third-order valence-electron chi connectivity index (χ3n) is 1.83. The van der Waals surface area contributed by atoms with Crippen molar-refractivity contribution in [3.05, 3.63) is 39.0 Å². The Morgan fingerprint density at radius 3 is 2.15 bits per heavy atom. The Kier molecular flexibility index (Phi) is 3.78. The standard InChI is InChI=1S/C11H13IO/c1-8-4-6-10(7-5-8)11(13-3)9(2)12/h4-7H,1-3H3/b11-9-. The van der Waals surface area contributed by atoms with Crippen LogP contribution in [0.3, 0.4) is 0 Å². The van der Waals surface area contributed by atoms with Crippen LogP contribution >= 0.6 is 22.6 Å². The first-order valence-electron chi connectivity index (χ1n) is 4.12. The Balaban J connectivity index is 3.07. The molecule has 0 aromatic heterocycles. The highest BCUT2D eigenvalue weighted by Crippen LogP contribution is 2.23. The number of allylic oxidation sites excluding steroid dienone is 1. The van der Waals surface area contributed by atoms with Gasteiger partial charge in [-0.15, -0.1) is 0 Å². The molecule has 1 aromatic carbocycles. The van der Waals surface area contributed by atoms with Crippen LogP contribution in [0.15, 0.2) is 27.8 Å². The van der Waals surface area contributed by atoms with Gasteiger partial charge in [-0.3, -0.25) is 0 Å². The number of hydrogen-bond donors (Lipinski definition) is 0. The summed E-state index contributed by atoms with van der Waals surface area (Å²) >= 11 is 2.27. The predicted octanol–water partition coefficient (Wildman–Crippen LogP) is 3.76. The fourth-order valence-electron chi connectivity index (χ4n) is 1.16. The van der Waals surface area contributed by atoms with Crippen molar-refractivity contribution in [2.45, 2.75) is 13.8 Å². The highest BCUT2D eigenvalue weighted by atomic mass is 127. The SMILES string of the molecule is CO/C(=C(/C)I)c1ccc(C)cc1. The molecule has 0 saturated carbocycles. The van der Waals surface area contributed by atoms with E-state index >= 15 is 0 Å². The van der Waals surface area contributed by atoms with Crippen LogP contribution in [-0.4, -0.2) is 7.11 Å². The van der Waals surface area contributed by atoms with E-state index in [9.17, 15) is 0 Å². The maximum Gasteiger partial charge on any atom is 0.135 e. The molecule has 0 saturated heterocycles. The Labute approximate surface area is 92.9 Å². The van der Waals surface area contributed by atoms with E-state index in [1.54, 1.807) is 7.11 Å². The van der Waals surface area contributed by atoms with E-state index in [2.05, 4.69) is 53.8 Å². The molecule has 1 rings (SSSR count). The third kappa shape index (κ3) is 2.72. The molecule has 0 aliphatic carbocycles. The monoisotopic (exact) mass is 288 g/mol. The largest absolute Gasteiger partial charge is 0.495 e. The first kappa shape index (κ1) is 10.6. The van der Waals surface area contributed by atoms with E-state index in [1.807, 2.05) is 6.92 Å². The van der Waals surface area contributed by atoms with Crippen molar-refractivity contribution in [2.75, 3.05) is 7.11 Å². The molecule has 2 heteroatoms. The Bertz CT molecular complexity index is 307. The molecule has 0 aliphatic heterocycles. The second-order valence-electron chi connectivity index (χ2n) is 2.93. The van der Waals surface area contributed by atoms with Crippen LogP contribution in [0.4, 0.5) is 0 Å². The lowest BCUT2D eigenvalue weighted by Crippen LogP contribution is -1.88. The van der Waals surface area contributed by atoms with Gasteiger partial charge in [0.15, 0.2) is 0 Å². The lowest BCUT2D eigenvalue weighted by atomic mass is 10.1. The van der Waals surface area contributed by atoms with Crippen LogP contribution < -0.4 is 0 Å². The molecule has 1 aromatic rings. The zero-order valence-corrected chi connectivity index (χ0v) is 10.3. The molecule has 0 N–H and O–H groups in total. The first-order chi connectivity index (χ1) is 6.15. The molecule has 0 aliphatic rings. The predicted molar refractivity (Wildman–Crippen MR) is 64.8 cm³/mol. The van der Waals surface area contributed by atoms with E-state index in [4.69, 9.17) is 4.74 Å². The van der Waals surface area contributed by atoms with E-state index in [1.165, 1.54) is 9.14 Å². The average molecular weight is 288 g/mol. The van der Waals surface area contributed by atoms with E-state index in [-0.39, 0.29) is 0 Å². The molecule has 0 spiro atoms. The Morgan fingerprint density at radius 1 is 1.23 bits per heavy atom. The van der Waals surface area contributed by atoms with Crippen molar-refractivity contribution in [3.63, 3.8) is 0 Å². The number of benzene rings is 1. The van der Waals surface area contributed by atoms with Crippen LogP contribution in [0.25, 0.3) is 5.76 Å². The number of methoxy groups -OCH3 is 1. The quantitative estimate of drug-likeness (QED) is 0.594. The van der Waals surface area contributed by atoms with Crippen molar-refractivity contribution in [1.82, 2.24) is 0 Å². The second kappa shape index (κ2) is 4.65. The number of rotatable bonds is 2. The smallest absolute Gasteiger partial charge is 0.135 e. The molecule has 0 atom stereocenters. The average Bonchev–Trinajstić information content (AvgIpc) is 2.09. The van der Waals surface area contributed by atoms with Crippen molar-refractivity contribution in [2.24, 2.45) is 0 Å². The minimum Gasteiger partial charge on any atom is -0.495 e. The van der Waals surface area contributed by atoms with Crippen LogP contribution in [0, 0.1) is 6.92 Å². The number of hydrogen-bond acceptors (Lipinski definition) is 1.